The highest BCUT2D eigenvalue weighted by atomic mass is 79.9. The SMILES string of the molecule is CCC(Br)CCNC(=O)c1ccc(C)cc1Br. The van der Waals surface area contributed by atoms with Crippen molar-refractivity contribution in [2.24, 2.45) is 0 Å². The summed E-state index contributed by atoms with van der Waals surface area (Å²) in [5.41, 5.74) is 1.83. The van der Waals surface area contributed by atoms with Crippen LogP contribution in [0.25, 0.3) is 0 Å². The van der Waals surface area contributed by atoms with Gasteiger partial charge in [0, 0.05) is 15.8 Å². The Balaban J connectivity index is 2.52. The third-order valence-corrected chi connectivity index (χ3v) is 4.32. The number of nitrogens with one attached hydrogen (secondary N) is 1. The first kappa shape index (κ1) is 14.7. The van der Waals surface area contributed by atoms with Gasteiger partial charge in [0.1, 0.15) is 0 Å². The fourth-order valence-corrected chi connectivity index (χ4v) is 2.35. The molecule has 0 fully saturated rings. The van der Waals surface area contributed by atoms with Crippen LogP contribution in [0.2, 0.25) is 0 Å². The first-order chi connectivity index (χ1) is 8.04. The van der Waals surface area contributed by atoms with Crippen molar-refractivity contribution in [2.75, 3.05) is 6.54 Å². The topological polar surface area (TPSA) is 29.1 Å². The van der Waals surface area contributed by atoms with Crippen LogP contribution >= 0.6 is 31.9 Å². The standard InChI is InChI=1S/C13H17Br2NO/c1-3-10(14)6-7-16-13(17)11-5-4-9(2)8-12(11)15/h4-5,8,10H,3,6-7H2,1-2H3,(H,16,17). The monoisotopic (exact) mass is 361 g/mol. The van der Waals surface area contributed by atoms with Gasteiger partial charge in [-0.1, -0.05) is 28.9 Å². The highest BCUT2D eigenvalue weighted by Crippen LogP contribution is 2.18. The molecule has 0 saturated heterocycles. The van der Waals surface area contributed by atoms with Gasteiger partial charge in [-0.3, -0.25) is 4.79 Å². The Hall–Kier alpha value is -0.350. The van der Waals surface area contributed by atoms with Crippen molar-refractivity contribution in [3.8, 4) is 0 Å². The Morgan fingerprint density at radius 3 is 2.76 bits per heavy atom. The van der Waals surface area contributed by atoms with E-state index in [1.54, 1.807) is 0 Å². The molecule has 1 N–H and O–H groups in total. The molecular weight excluding hydrogens is 346 g/mol. The zero-order valence-electron chi connectivity index (χ0n) is 10.1. The zero-order valence-corrected chi connectivity index (χ0v) is 13.3. The van der Waals surface area contributed by atoms with E-state index in [1.807, 2.05) is 25.1 Å². The average Bonchev–Trinajstić information content (AvgIpc) is 2.28. The third kappa shape index (κ3) is 4.80. The van der Waals surface area contributed by atoms with Crippen LogP contribution < -0.4 is 5.32 Å². The van der Waals surface area contributed by atoms with Crippen LogP contribution in [-0.4, -0.2) is 17.3 Å². The quantitative estimate of drug-likeness (QED) is 0.786. The molecule has 4 heteroatoms. The minimum atomic E-state index is -0.0207. The summed E-state index contributed by atoms with van der Waals surface area (Å²) in [4.78, 5) is 12.4. The zero-order chi connectivity index (χ0) is 12.8. The van der Waals surface area contributed by atoms with Gasteiger partial charge in [-0.2, -0.15) is 0 Å². The van der Waals surface area contributed by atoms with Gasteiger partial charge in [0.2, 0.25) is 0 Å². The predicted octanol–water partition coefficient (Wildman–Crippen LogP) is 4.05. The van der Waals surface area contributed by atoms with E-state index in [0.717, 1.165) is 22.9 Å². The largest absolute Gasteiger partial charge is 0.352 e. The number of carbonyl (C=O) groups is 1. The second-order valence-electron chi connectivity index (χ2n) is 4.03. The summed E-state index contributed by atoms with van der Waals surface area (Å²) in [6.07, 6.45) is 2.02. The van der Waals surface area contributed by atoms with Crippen molar-refractivity contribution >= 4 is 37.8 Å². The van der Waals surface area contributed by atoms with Gasteiger partial charge in [-0.05, 0) is 53.4 Å². The minimum Gasteiger partial charge on any atom is -0.352 e. The van der Waals surface area contributed by atoms with E-state index in [2.05, 4.69) is 44.1 Å². The molecule has 1 aromatic carbocycles. The van der Waals surface area contributed by atoms with E-state index in [1.165, 1.54) is 0 Å². The van der Waals surface area contributed by atoms with Crippen LogP contribution in [-0.2, 0) is 0 Å². The molecule has 2 nitrogen and oxygen atoms in total. The summed E-state index contributed by atoms with van der Waals surface area (Å²) in [5.74, 6) is -0.0207. The molecule has 0 heterocycles. The fourth-order valence-electron chi connectivity index (χ4n) is 1.45. The summed E-state index contributed by atoms with van der Waals surface area (Å²) >= 11 is 6.96. The first-order valence-electron chi connectivity index (χ1n) is 5.73. The number of rotatable bonds is 5. The average molecular weight is 363 g/mol. The number of hydrogen-bond donors (Lipinski definition) is 1. The lowest BCUT2D eigenvalue weighted by molar-refractivity contribution is 0.0952. The minimum absolute atomic E-state index is 0.0207. The van der Waals surface area contributed by atoms with E-state index < -0.39 is 0 Å². The summed E-state index contributed by atoms with van der Waals surface area (Å²) in [6, 6.07) is 5.74. The molecule has 1 aromatic rings. The molecular formula is C13H17Br2NO. The second-order valence-corrected chi connectivity index (χ2v) is 6.18. The molecule has 0 aliphatic rings. The maximum Gasteiger partial charge on any atom is 0.252 e. The Morgan fingerprint density at radius 1 is 1.47 bits per heavy atom. The van der Waals surface area contributed by atoms with Gasteiger partial charge in [0.05, 0.1) is 5.56 Å². The summed E-state index contributed by atoms with van der Waals surface area (Å²) < 4.78 is 0.848. The molecule has 1 rings (SSSR count). The van der Waals surface area contributed by atoms with Gasteiger partial charge >= 0.3 is 0 Å². The van der Waals surface area contributed by atoms with Crippen LogP contribution in [0.3, 0.4) is 0 Å². The van der Waals surface area contributed by atoms with Crippen molar-refractivity contribution in [3.63, 3.8) is 0 Å². The molecule has 0 spiro atoms. The summed E-state index contributed by atoms with van der Waals surface area (Å²) in [7, 11) is 0. The van der Waals surface area contributed by atoms with Crippen LogP contribution in [0, 0.1) is 6.92 Å². The van der Waals surface area contributed by atoms with Gasteiger partial charge in [-0.15, -0.1) is 0 Å². The molecule has 1 amide bonds. The van der Waals surface area contributed by atoms with Gasteiger partial charge in [0.15, 0.2) is 0 Å². The lowest BCUT2D eigenvalue weighted by Gasteiger charge is -2.09. The maximum atomic E-state index is 11.9. The number of amides is 1. The smallest absolute Gasteiger partial charge is 0.252 e. The normalized spacial score (nSPS) is 12.2. The van der Waals surface area contributed by atoms with E-state index in [4.69, 9.17) is 0 Å². The number of halogens is 2. The molecule has 0 bridgehead atoms. The van der Waals surface area contributed by atoms with Crippen molar-refractivity contribution < 1.29 is 4.79 Å². The Kier molecular flexibility index (Phi) is 6.20. The van der Waals surface area contributed by atoms with Crippen LogP contribution in [0.15, 0.2) is 22.7 Å². The van der Waals surface area contributed by atoms with E-state index in [9.17, 15) is 4.79 Å². The third-order valence-electron chi connectivity index (χ3n) is 2.56. The molecule has 0 aromatic heterocycles. The highest BCUT2D eigenvalue weighted by Gasteiger charge is 2.09. The molecule has 94 valence electrons. The van der Waals surface area contributed by atoms with E-state index in [-0.39, 0.29) is 5.91 Å². The lowest BCUT2D eigenvalue weighted by Crippen LogP contribution is -2.26. The molecule has 17 heavy (non-hydrogen) atoms. The van der Waals surface area contributed by atoms with Crippen molar-refractivity contribution in [1.82, 2.24) is 5.32 Å². The van der Waals surface area contributed by atoms with Crippen LogP contribution in [0.4, 0.5) is 0 Å². The van der Waals surface area contributed by atoms with E-state index in [0.29, 0.717) is 16.9 Å². The number of alkyl halides is 1. The number of benzene rings is 1. The van der Waals surface area contributed by atoms with Gasteiger partial charge in [0.25, 0.3) is 5.91 Å². The Labute approximate surface area is 119 Å². The van der Waals surface area contributed by atoms with Crippen LogP contribution in [0.1, 0.15) is 35.7 Å². The summed E-state index contributed by atoms with van der Waals surface area (Å²) in [5, 5.41) is 2.93. The Bertz CT molecular complexity index is 393. The number of aryl methyl sites for hydroxylation is 1. The van der Waals surface area contributed by atoms with Crippen LogP contribution in [0.5, 0.6) is 0 Å². The van der Waals surface area contributed by atoms with Crippen molar-refractivity contribution in [1.29, 1.82) is 0 Å². The molecule has 1 unspecified atom stereocenters. The van der Waals surface area contributed by atoms with Gasteiger partial charge in [-0.25, -0.2) is 0 Å². The molecule has 0 aliphatic carbocycles. The second kappa shape index (κ2) is 7.17. The number of hydrogen-bond acceptors (Lipinski definition) is 1. The fraction of sp³-hybridized carbons (Fsp3) is 0.462. The van der Waals surface area contributed by atoms with Gasteiger partial charge < -0.3 is 5.32 Å². The number of carbonyl (C=O) groups excluding carboxylic acids is 1. The predicted molar refractivity (Wildman–Crippen MR) is 78.8 cm³/mol. The highest BCUT2D eigenvalue weighted by molar-refractivity contribution is 9.10. The van der Waals surface area contributed by atoms with Crippen molar-refractivity contribution in [2.45, 2.75) is 31.5 Å². The molecule has 1 atom stereocenters. The maximum absolute atomic E-state index is 11.9. The van der Waals surface area contributed by atoms with E-state index >= 15 is 0 Å². The molecule has 0 aliphatic heterocycles. The summed E-state index contributed by atoms with van der Waals surface area (Å²) in [6.45, 7) is 4.82. The molecule has 0 radical (unpaired) electrons. The Morgan fingerprint density at radius 2 is 2.18 bits per heavy atom. The molecule has 0 saturated carbocycles. The van der Waals surface area contributed by atoms with Crippen molar-refractivity contribution in [3.05, 3.63) is 33.8 Å². The first-order valence-corrected chi connectivity index (χ1v) is 7.44. The lowest BCUT2D eigenvalue weighted by atomic mass is 10.1.